The number of carbonyl (C=O) groups is 1. The molecule has 0 bridgehead atoms. The van der Waals surface area contributed by atoms with Gasteiger partial charge < -0.3 is 5.73 Å². The van der Waals surface area contributed by atoms with Crippen LogP contribution >= 0.6 is 0 Å². The number of hydrogen-bond acceptors (Lipinski definition) is 2. The number of allylic oxidation sites excluding steroid dienone is 2. The largest absolute Gasteiger partial charge is 0.330 e. The number of nitrogens with two attached hydrogens (primary N) is 1. The summed E-state index contributed by atoms with van der Waals surface area (Å²) in [7, 11) is 0. The van der Waals surface area contributed by atoms with E-state index in [1.54, 1.807) is 0 Å². The van der Waals surface area contributed by atoms with E-state index in [0.717, 1.165) is 12.8 Å². The lowest BCUT2D eigenvalue weighted by Crippen LogP contribution is -2.07. The third-order valence-corrected chi connectivity index (χ3v) is 4.14. The predicted molar refractivity (Wildman–Crippen MR) is 98.1 cm³/mol. The maximum absolute atomic E-state index is 11.3. The van der Waals surface area contributed by atoms with Crippen molar-refractivity contribution in [2.24, 2.45) is 5.73 Å². The molecule has 0 heterocycles. The summed E-state index contributed by atoms with van der Waals surface area (Å²) in [6.45, 7) is 2.77. The van der Waals surface area contributed by atoms with E-state index in [0.29, 0.717) is 18.7 Å². The summed E-state index contributed by atoms with van der Waals surface area (Å²) in [5.41, 5.74) is 5.36. The maximum Gasteiger partial charge on any atom is 0.134 e. The summed E-state index contributed by atoms with van der Waals surface area (Å²) in [4.78, 5) is 11.3. The summed E-state index contributed by atoms with van der Waals surface area (Å²) in [5.74, 6) is 0.333. The van der Waals surface area contributed by atoms with Crippen molar-refractivity contribution in [3.05, 3.63) is 12.2 Å². The van der Waals surface area contributed by atoms with Gasteiger partial charge in [-0.3, -0.25) is 4.79 Å². The molecule has 2 heteroatoms. The average Bonchev–Trinajstić information content (AvgIpc) is 2.51. The Hall–Kier alpha value is -0.630. The van der Waals surface area contributed by atoms with Crippen molar-refractivity contribution >= 4 is 5.78 Å². The van der Waals surface area contributed by atoms with E-state index < -0.39 is 0 Å². The van der Waals surface area contributed by atoms with E-state index in [1.165, 1.54) is 77.0 Å². The maximum atomic E-state index is 11.3. The van der Waals surface area contributed by atoms with E-state index in [9.17, 15) is 4.79 Å². The van der Waals surface area contributed by atoms with Crippen LogP contribution in [0, 0.1) is 0 Å². The van der Waals surface area contributed by atoms with Gasteiger partial charge in [0.15, 0.2) is 0 Å². The highest BCUT2D eigenvalue weighted by Crippen LogP contribution is 2.10. The Morgan fingerprint density at radius 3 is 1.77 bits per heavy atom. The second-order valence-electron chi connectivity index (χ2n) is 6.41. The Balaban J connectivity index is 3.12. The Morgan fingerprint density at radius 1 is 0.727 bits per heavy atom. The van der Waals surface area contributed by atoms with Crippen LogP contribution in [0.1, 0.15) is 103 Å². The van der Waals surface area contributed by atoms with Crippen LogP contribution in [-0.4, -0.2) is 12.3 Å². The van der Waals surface area contributed by atoms with Crippen molar-refractivity contribution in [2.45, 2.75) is 103 Å². The van der Waals surface area contributed by atoms with Crippen LogP contribution in [0.2, 0.25) is 0 Å². The fraction of sp³-hybridized carbons (Fsp3) is 0.850. The molecule has 0 amide bonds. The lowest BCUT2D eigenvalue weighted by molar-refractivity contribution is -0.119. The third kappa shape index (κ3) is 17.4. The lowest BCUT2D eigenvalue weighted by atomic mass is 10.1. The molecule has 0 radical (unpaired) electrons. The Morgan fingerprint density at radius 2 is 1.23 bits per heavy atom. The SMILES string of the molecule is CCCCCCCC/C=C\CCCCCCCC(=O)CCN. The molecule has 2 N–H and O–H groups in total. The first-order valence-electron chi connectivity index (χ1n) is 9.68. The Labute approximate surface area is 138 Å². The van der Waals surface area contributed by atoms with E-state index >= 15 is 0 Å². The molecule has 0 saturated carbocycles. The van der Waals surface area contributed by atoms with Gasteiger partial charge >= 0.3 is 0 Å². The summed E-state index contributed by atoms with van der Waals surface area (Å²) in [6.07, 6.45) is 22.9. The molecule has 22 heavy (non-hydrogen) atoms. The summed E-state index contributed by atoms with van der Waals surface area (Å²) in [6, 6.07) is 0. The van der Waals surface area contributed by atoms with Crippen LogP contribution in [0.5, 0.6) is 0 Å². The summed E-state index contributed by atoms with van der Waals surface area (Å²) < 4.78 is 0. The van der Waals surface area contributed by atoms with Crippen LogP contribution in [0.4, 0.5) is 0 Å². The molecule has 0 spiro atoms. The van der Waals surface area contributed by atoms with Crippen molar-refractivity contribution in [3.63, 3.8) is 0 Å². The Bertz CT molecular complexity index is 260. The zero-order valence-electron chi connectivity index (χ0n) is 15.0. The second kappa shape index (κ2) is 18.4. The van der Waals surface area contributed by atoms with Crippen molar-refractivity contribution in [3.8, 4) is 0 Å². The lowest BCUT2D eigenvalue weighted by Gasteiger charge is -2.00. The molecule has 0 aromatic rings. The van der Waals surface area contributed by atoms with Crippen molar-refractivity contribution < 1.29 is 4.79 Å². The molecule has 0 unspecified atom stereocenters. The second-order valence-corrected chi connectivity index (χ2v) is 6.41. The molecule has 0 rings (SSSR count). The highest BCUT2D eigenvalue weighted by Gasteiger charge is 1.99. The standard InChI is InChI=1S/C20H39NO/c1-2-3-4-5-6-7-8-9-10-11-12-13-14-15-16-17-20(22)18-19-21/h9-10H,2-8,11-19,21H2,1H3/b10-9-. The van der Waals surface area contributed by atoms with E-state index in [-0.39, 0.29) is 0 Å². The average molecular weight is 310 g/mol. The third-order valence-electron chi connectivity index (χ3n) is 4.14. The Kier molecular flexibility index (Phi) is 17.9. The molecule has 0 aromatic carbocycles. The van der Waals surface area contributed by atoms with Gasteiger partial charge in [-0.2, -0.15) is 0 Å². The van der Waals surface area contributed by atoms with Crippen molar-refractivity contribution in [2.75, 3.05) is 6.54 Å². The van der Waals surface area contributed by atoms with E-state index in [1.807, 2.05) is 0 Å². The minimum Gasteiger partial charge on any atom is -0.330 e. The van der Waals surface area contributed by atoms with Gasteiger partial charge in [-0.15, -0.1) is 0 Å². The number of hydrogen-bond donors (Lipinski definition) is 1. The van der Waals surface area contributed by atoms with Crippen LogP contribution < -0.4 is 5.73 Å². The zero-order valence-corrected chi connectivity index (χ0v) is 15.0. The number of rotatable bonds is 17. The summed E-state index contributed by atoms with van der Waals surface area (Å²) >= 11 is 0. The van der Waals surface area contributed by atoms with Gasteiger partial charge in [-0.05, 0) is 38.6 Å². The number of carbonyl (C=O) groups excluding carboxylic acids is 1. The molecule has 2 nitrogen and oxygen atoms in total. The normalized spacial score (nSPS) is 11.4. The van der Waals surface area contributed by atoms with Crippen molar-refractivity contribution in [1.29, 1.82) is 0 Å². The minimum absolute atomic E-state index is 0.333. The van der Waals surface area contributed by atoms with Gasteiger partial charge in [0.25, 0.3) is 0 Å². The molecular weight excluding hydrogens is 270 g/mol. The monoisotopic (exact) mass is 309 g/mol. The molecule has 0 aliphatic heterocycles. The first-order chi connectivity index (χ1) is 10.8. The molecule has 0 saturated heterocycles. The smallest absolute Gasteiger partial charge is 0.134 e. The molecule has 130 valence electrons. The molecule has 0 aliphatic rings. The van der Waals surface area contributed by atoms with Crippen LogP contribution in [0.3, 0.4) is 0 Å². The van der Waals surface area contributed by atoms with Gasteiger partial charge in [0, 0.05) is 12.8 Å². The van der Waals surface area contributed by atoms with Gasteiger partial charge in [-0.25, -0.2) is 0 Å². The number of ketones is 1. The number of unbranched alkanes of at least 4 members (excludes halogenated alkanes) is 11. The first-order valence-corrected chi connectivity index (χ1v) is 9.68. The highest BCUT2D eigenvalue weighted by molar-refractivity contribution is 5.78. The molecule has 0 fully saturated rings. The topological polar surface area (TPSA) is 43.1 Å². The predicted octanol–water partition coefficient (Wildman–Crippen LogP) is 5.94. The van der Waals surface area contributed by atoms with Gasteiger partial charge in [-0.1, -0.05) is 70.4 Å². The van der Waals surface area contributed by atoms with E-state index in [4.69, 9.17) is 5.73 Å². The highest BCUT2D eigenvalue weighted by atomic mass is 16.1. The fourth-order valence-corrected chi connectivity index (χ4v) is 2.68. The molecule has 0 aromatic heterocycles. The van der Waals surface area contributed by atoms with Crippen LogP contribution in [0.15, 0.2) is 12.2 Å². The first kappa shape index (κ1) is 21.4. The van der Waals surface area contributed by atoms with Crippen molar-refractivity contribution in [1.82, 2.24) is 0 Å². The zero-order chi connectivity index (χ0) is 16.3. The van der Waals surface area contributed by atoms with Gasteiger partial charge in [0.1, 0.15) is 5.78 Å². The molecular formula is C20H39NO. The fourth-order valence-electron chi connectivity index (χ4n) is 2.68. The van der Waals surface area contributed by atoms with Crippen LogP contribution in [0.25, 0.3) is 0 Å². The molecule has 0 aliphatic carbocycles. The van der Waals surface area contributed by atoms with Gasteiger partial charge in [0.05, 0.1) is 0 Å². The quantitative estimate of drug-likeness (QED) is 0.267. The number of Topliss-reactive ketones (excluding diaryl/α,β-unsaturated/α-hetero) is 1. The molecule has 0 atom stereocenters. The van der Waals surface area contributed by atoms with Crippen LogP contribution in [-0.2, 0) is 4.79 Å². The van der Waals surface area contributed by atoms with Gasteiger partial charge in [0.2, 0.25) is 0 Å². The summed E-state index contributed by atoms with van der Waals surface area (Å²) in [5, 5.41) is 0. The van der Waals surface area contributed by atoms with E-state index in [2.05, 4.69) is 19.1 Å². The minimum atomic E-state index is 0.333.